The Balaban J connectivity index is 2.17. The lowest BCUT2D eigenvalue weighted by atomic mass is 9.81. The molecule has 5 heteroatoms. The van der Waals surface area contributed by atoms with E-state index >= 15 is 0 Å². The van der Waals surface area contributed by atoms with Crippen LogP contribution < -0.4 is 4.72 Å². The summed E-state index contributed by atoms with van der Waals surface area (Å²) >= 11 is 0. The first-order valence-electron chi connectivity index (χ1n) is 6.05. The molecule has 1 fully saturated rings. The molecule has 0 radical (unpaired) electrons. The van der Waals surface area contributed by atoms with E-state index in [1.165, 1.54) is 18.6 Å². The molecule has 4 nitrogen and oxygen atoms in total. The summed E-state index contributed by atoms with van der Waals surface area (Å²) in [5.41, 5.74) is 0.356. The van der Waals surface area contributed by atoms with Crippen molar-refractivity contribution < 1.29 is 8.42 Å². The van der Waals surface area contributed by atoms with Crippen molar-refractivity contribution in [2.24, 2.45) is 5.92 Å². The molecule has 1 N–H and O–H groups in total. The SMILES string of the molecule is CC(NS(=O)(=O)c1cccc(C#N)c1)C1CCC1. The summed E-state index contributed by atoms with van der Waals surface area (Å²) in [5.74, 6) is 0.443. The van der Waals surface area contributed by atoms with Crippen molar-refractivity contribution in [3.8, 4) is 6.07 Å². The Morgan fingerprint density at radius 2 is 2.17 bits per heavy atom. The number of hydrogen-bond donors (Lipinski definition) is 1. The van der Waals surface area contributed by atoms with Crippen LogP contribution in [0.15, 0.2) is 29.2 Å². The fraction of sp³-hybridized carbons (Fsp3) is 0.462. The van der Waals surface area contributed by atoms with Crippen molar-refractivity contribution in [1.29, 1.82) is 5.26 Å². The van der Waals surface area contributed by atoms with E-state index in [2.05, 4.69) is 4.72 Å². The van der Waals surface area contributed by atoms with Crippen molar-refractivity contribution in [2.45, 2.75) is 37.1 Å². The standard InChI is InChI=1S/C13H16N2O2S/c1-10(12-5-3-6-12)15-18(16,17)13-7-2-4-11(8-13)9-14/h2,4,7-8,10,12,15H,3,5-6H2,1H3. The second-order valence-electron chi connectivity index (χ2n) is 4.74. The van der Waals surface area contributed by atoms with E-state index in [9.17, 15) is 8.42 Å². The molecule has 0 heterocycles. The molecule has 2 rings (SSSR count). The highest BCUT2D eigenvalue weighted by atomic mass is 32.2. The number of benzene rings is 1. The molecule has 0 aromatic heterocycles. The first-order chi connectivity index (χ1) is 8.53. The monoisotopic (exact) mass is 264 g/mol. The molecule has 1 aliphatic carbocycles. The molecule has 1 aliphatic rings. The Bertz CT molecular complexity index is 571. The Kier molecular flexibility index (Phi) is 3.69. The summed E-state index contributed by atoms with van der Waals surface area (Å²) in [4.78, 5) is 0.160. The molecular weight excluding hydrogens is 248 g/mol. The van der Waals surface area contributed by atoms with E-state index in [0.717, 1.165) is 12.8 Å². The van der Waals surface area contributed by atoms with Gasteiger partial charge in [0.15, 0.2) is 0 Å². The van der Waals surface area contributed by atoms with Gasteiger partial charge in [0.05, 0.1) is 16.5 Å². The molecule has 1 atom stereocenters. The van der Waals surface area contributed by atoms with E-state index in [0.29, 0.717) is 11.5 Å². The number of rotatable bonds is 4. The molecule has 0 amide bonds. The van der Waals surface area contributed by atoms with Crippen molar-refractivity contribution >= 4 is 10.0 Å². The van der Waals surface area contributed by atoms with Crippen molar-refractivity contribution in [2.75, 3.05) is 0 Å². The summed E-state index contributed by atoms with van der Waals surface area (Å²) in [5, 5.41) is 8.78. The van der Waals surface area contributed by atoms with E-state index in [-0.39, 0.29) is 10.9 Å². The third-order valence-electron chi connectivity index (χ3n) is 3.47. The molecule has 1 aromatic rings. The van der Waals surface area contributed by atoms with Crippen molar-refractivity contribution in [3.05, 3.63) is 29.8 Å². The molecule has 1 unspecified atom stereocenters. The third-order valence-corrected chi connectivity index (χ3v) is 5.03. The summed E-state index contributed by atoms with van der Waals surface area (Å²) in [6, 6.07) is 7.98. The number of hydrogen-bond acceptors (Lipinski definition) is 3. The minimum absolute atomic E-state index is 0.0468. The predicted octanol–water partition coefficient (Wildman–Crippen LogP) is 2.03. The first-order valence-corrected chi connectivity index (χ1v) is 7.54. The zero-order valence-electron chi connectivity index (χ0n) is 10.3. The average molecular weight is 264 g/mol. The van der Waals surface area contributed by atoms with Crippen LogP contribution in [0.2, 0.25) is 0 Å². The lowest BCUT2D eigenvalue weighted by Crippen LogP contribution is -2.40. The van der Waals surface area contributed by atoms with Crippen LogP contribution in [0.5, 0.6) is 0 Å². The van der Waals surface area contributed by atoms with Crippen LogP contribution in [0.1, 0.15) is 31.7 Å². The van der Waals surface area contributed by atoms with Gasteiger partial charge in [-0.15, -0.1) is 0 Å². The minimum Gasteiger partial charge on any atom is -0.208 e. The van der Waals surface area contributed by atoms with Crippen LogP contribution in [-0.4, -0.2) is 14.5 Å². The first kappa shape index (κ1) is 13.1. The summed E-state index contributed by atoms with van der Waals surface area (Å²) < 4.78 is 27.0. The van der Waals surface area contributed by atoms with Crippen LogP contribution in [0.4, 0.5) is 0 Å². The fourth-order valence-corrected chi connectivity index (χ4v) is 3.44. The van der Waals surface area contributed by atoms with Gasteiger partial charge in [0.25, 0.3) is 0 Å². The third kappa shape index (κ3) is 2.71. The van der Waals surface area contributed by atoms with Gasteiger partial charge in [-0.2, -0.15) is 5.26 Å². The van der Waals surface area contributed by atoms with E-state index in [4.69, 9.17) is 5.26 Å². The van der Waals surface area contributed by atoms with Crippen LogP contribution >= 0.6 is 0 Å². The second-order valence-corrected chi connectivity index (χ2v) is 6.45. The largest absolute Gasteiger partial charge is 0.240 e. The summed E-state index contributed by atoms with van der Waals surface area (Å²) in [6.07, 6.45) is 3.35. The number of sulfonamides is 1. The van der Waals surface area contributed by atoms with E-state index in [1.807, 2.05) is 13.0 Å². The summed E-state index contributed by atoms with van der Waals surface area (Å²) in [7, 11) is -3.51. The number of nitrogens with zero attached hydrogens (tertiary/aromatic N) is 1. The van der Waals surface area contributed by atoms with Crippen LogP contribution in [0, 0.1) is 17.2 Å². The molecule has 0 bridgehead atoms. The molecule has 0 spiro atoms. The second kappa shape index (κ2) is 5.09. The van der Waals surface area contributed by atoms with Gasteiger partial charge in [-0.25, -0.2) is 13.1 Å². The Labute approximate surface area is 108 Å². The molecule has 18 heavy (non-hydrogen) atoms. The van der Waals surface area contributed by atoms with Crippen LogP contribution in [0.3, 0.4) is 0 Å². The van der Waals surface area contributed by atoms with Gasteiger partial charge in [-0.3, -0.25) is 0 Å². The normalized spacial score (nSPS) is 17.8. The molecule has 96 valence electrons. The van der Waals surface area contributed by atoms with Gasteiger partial charge in [0.2, 0.25) is 10.0 Å². The fourth-order valence-electron chi connectivity index (χ4n) is 2.08. The number of nitrogens with one attached hydrogen (secondary N) is 1. The van der Waals surface area contributed by atoms with Gasteiger partial charge in [0, 0.05) is 6.04 Å². The highest BCUT2D eigenvalue weighted by Crippen LogP contribution is 2.30. The molecule has 0 aliphatic heterocycles. The zero-order valence-corrected chi connectivity index (χ0v) is 11.1. The number of nitriles is 1. The van der Waals surface area contributed by atoms with Gasteiger partial charge in [0.1, 0.15) is 0 Å². The van der Waals surface area contributed by atoms with Crippen LogP contribution in [-0.2, 0) is 10.0 Å². The van der Waals surface area contributed by atoms with Gasteiger partial charge >= 0.3 is 0 Å². The highest BCUT2D eigenvalue weighted by Gasteiger charge is 2.27. The maximum Gasteiger partial charge on any atom is 0.240 e. The maximum absolute atomic E-state index is 12.1. The lowest BCUT2D eigenvalue weighted by Gasteiger charge is -2.31. The average Bonchev–Trinajstić information content (AvgIpc) is 2.26. The van der Waals surface area contributed by atoms with Crippen LogP contribution in [0.25, 0.3) is 0 Å². The van der Waals surface area contributed by atoms with E-state index in [1.54, 1.807) is 12.1 Å². The van der Waals surface area contributed by atoms with Gasteiger partial charge in [-0.05, 0) is 43.9 Å². The van der Waals surface area contributed by atoms with Gasteiger partial charge in [-0.1, -0.05) is 12.5 Å². The Morgan fingerprint density at radius 3 is 2.72 bits per heavy atom. The van der Waals surface area contributed by atoms with E-state index < -0.39 is 10.0 Å². The predicted molar refractivity (Wildman–Crippen MR) is 68.3 cm³/mol. The van der Waals surface area contributed by atoms with Gasteiger partial charge < -0.3 is 0 Å². The molecule has 1 aromatic carbocycles. The topological polar surface area (TPSA) is 70.0 Å². The Hall–Kier alpha value is -1.38. The smallest absolute Gasteiger partial charge is 0.208 e. The minimum atomic E-state index is -3.51. The quantitative estimate of drug-likeness (QED) is 0.904. The van der Waals surface area contributed by atoms with Crippen molar-refractivity contribution in [1.82, 2.24) is 4.72 Å². The Morgan fingerprint density at radius 1 is 1.44 bits per heavy atom. The maximum atomic E-state index is 12.1. The summed E-state index contributed by atoms with van der Waals surface area (Å²) in [6.45, 7) is 1.90. The lowest BCUT2D eigenvalue weighted by molar-refractivity contribution is 0.260. The zero-order chi connectivity index (χ0) is 13.2. The van der Waals surface area contributed by atoms with Crippen molar-refractivity contribution in [3.63, 3.8) is 0 Å². The molecule has 1 saturated carbocycles. The molecule has 0 saturated heterocycles. The molecular formula is C13H16N2O2S. The highest BCUT2D eigenvalue weighted by molar-refractivity contribution is 7.89.